The minimum Gasteiger partial charge on any atom is -0.328 e. The van der Waals surface area contributed by atoms with Crippen molar-refractivity contribution in [2.75, 3.05) is 0 Å². The first-order valence-corrected chi connectivity index (χ1v) is 8.14. The van der Waals surface area contributed by atoms with Gasteiger partial charge in [0.15, 0.2) is 0 Å². The number of hydrogen-bond donors (Lipinski definition) is 1. The summed E-state index contributed by atoms with van der Waals surface area (Å²) in [6.45, 7) is 2.27. The van der Waals surface area contributed by atoms with E-state index in [9.17, 15) is 0 Å². The van der Waals surface area contributed by atoms with Crippen LogP contribution in [0.1, 0.15) is 75.3 Å². The summed E-state index contributed by atoms with van der Waals surface area (Å²) in [6.07, 6.45) is 11.9. The number of hydrogen-bond acceptors (Lipinski definition) is 1. The highest BCUT2D eigenvalue weighted by molar-refractivity contribution is 5.39. The minimum atomic E-state index is 0.407. The van der Waals surface area contributed by atoms with E-state index < -0.39 is 0 Å². The molecule has 0 saturated heterocycles. The van der Waals surface area contributed by atoms with Crippen LogP contribution in [-0.4, -0.2) is 6.04 Å². The maximum Gasteiger partial charge on any atom is 0.00447 e. The summed E-state index contributed by atoms with van der Waals surface area (Å²) in [6, 6.07) is 9.24. The third-order valence-electron chi connectivity index (χ3n) is 4.48. The first kappa shape index (κ1) is 14.6. The molecule has 0 spiro atoms. The second kappa shape index (κ2) is 7.69. The molecule has 1 nitrogen and oxygen atoms in total. The van der Waals surface area contributed by atoms with Gasteiger partial charge < -0.3 is 5.73 Å². The van der Waals surface area contributed by atoms with Crippen LogP contribution in [0.2, 0.25) is 0 Å². The highest BCUT2D eigenvalue weighted by Gasteiger charge is 2.26. The maximum absolute atomic E-state index is 6.28. The summed E-state index contributed by atoms with van der Waals surface area (Å²) in [4.78, 5) is 0. The Hall–Kier alpha value is -0.820. The van der Waals surface area contributed by atoms with Crippen LogP contribution in [0.3, 0.4) is 0 Å². The van der Waals surface area contributed by atoms with Gasteiger partial charge in [-0.3, -0.25) is 0 Å². The van der Waals surface area contributed by atoms with Crippen LogP contribution in [0, 0.1) is 0 Å². The summed E-state index contributed by atoms with van der Waals surface area (Å²) >= 11 is 0. The van der Waals surface area contributed by atoms with E-state index in [-0.39, 0.29) is 0 Å². The zero-order valence-electron chi connectivity index (χ0n) is 12.4. The van der Waals surface area contributed by atoms with Gasteiger partial charge in [-0.25, -0.2) is 0 Å². The highest BCUT2D eigenvalue weighted by Crippen LogP contribution is 2.38. The maximum atomic E-state index is 6.28. The molecule has 1 aromatic carbocycles. The second-order valence-electron chi connectivity index (χ2n) is 6.15. The van der Waals surface area contributed by atoms with Crippen LogP contribution in [0.4, 0.5) is 0 Å². The van der Waals surface area contributed by atoms with Gasteiger partial charge in [0.25, 0.3) is 0 Å². The largest absolute Gasteiger partial charge is 0.328 e. The standard InChI is InChI=1S/C18H29N/c1-2-3-4-5-6-7-11-17(19)14-16-13-15-10-8-9-12-18(15)16/h8-10,12,16-17H,2-7,11,13-14,19H2,1H3. The van der Waals surface area contributed by atoms with Crippen molar-refractivity contribution in [1.29, 1.82) is 0 Å². The van der Waals surface area contributed by atoms with E-state index in [2.05, 4.69) is 31.2 Å². The smallest absolute Gasteiger partial charge is 0.00447 e. The quantitative estimate of drug-likeness (QED) is 0.634. The molecule has 1 aromatic rings. The average Bonchev–Trinajstić information content (AvgIpc) is 2.40. The summed E-state index contributed by atoms with van der Waals surface area (Å²) in [5, 5.41) is 0. The molecule has 0 aromatic heterocycles. The van der Waals surface area contributed by atoms with Crippen LogP contribution in [0.15, 0.2) is 24.3 Å². The van der Waals surface area contributed by atoms with Gasteiger partial charge in [-0.05, 0) is 36.3 Å². The molecule has 2 rings (SSSR count). The van der Waals surface area contributed by atoms with Gasteiger partial charge in [0.2, 0.25) is 0 Å². The van der Waals surface area contributed by atoms with Gasteiger partial charge >= 0.3 is 0 Å². The third-order valence-corrected chi connectivity index (χ3v) is 4.48. The zero-order chi connectivity index (χ0) is 13.5. The monoisotopic (exact) mass is 259 g/mol. The van der Waals surface area contributed by atoms with Crippen molar-refractivity contribution in [3.63, 3.8) is 0 Å². The van der Waals surface area contributed by atoms with E-state index in [0.29, 0.717) is 6.04 Å². The van der Waals surface area contributed by atoms with Gasteiger partial charge in [-0.1, -0.05) is 69.7 Å². The van der Waals surface area contributed by atoms with Crippen molar-refractivity contribution in [2.24, 2.45) is 5.73 Å². The third kappa shape index (κ3) is 4.35. The Morgan fingerprint density at radius 1 is 1.11 bits per heavy atom. The molecular formula is C18H29N. The van der Waals surface area contributed by atoms with E-state index in [4.69, 9.17) is 5.73 Å². The lowest BCUT2D eigenvalue weighted by atomic mass is 9.74. The average molecular weight is 259 g/mol. The van der Waals surface area contributed by atoms with Gasteiger partial charge in [0.1, 0.15) is 0 Å². The Labute approximate surface area is 118 Å². The first-order valence-electron chi connectivity index (χ1n) is 8.14. The molecule has 0 saturated carbocycles. The number of nitrogens with two attached hydrogens (primary N) is 1. The van der Waals surface area contributed by atoms with Gasteiger partial charge in [-0.2, -0.15) is 0 Å². The minimum absolute atomic E-state index is 0.407. The highest BCUT2D eigenvalue weighted by atomic mass is 14.6. The molecule has 0 heterocycles. The van der Waals surface area contributed by atoms with Crippen LogP contribution < -0.4 is 5.73 Å². The van der Waals surface area contributed by atoms with Crippen LogP contribution in [0.25, 0.3) is 0 Å². The molecule has 1 aliphatic carbocycles. The molecule has 0 radical (unpaired) electrons. The lowest BCUT2D eigenvalue weighted by molar-refractivity contribution is 0.448. The Morgan fingerprint density at radius 3 is 2.63 bits per heavy atom. The Balaban J connectivity index is 1.57. The first-order chi connectivity index (χ1) is 9.31. The van der Waals surface area contributed by atoms with Gasteiger partial charge in [0, 0.05) is 6.04 Å². The Morgan fingerprint density at radius 2 is 1.84 bits per heavy atom. The predicted octanol–water partition coefficient (Wildman–Crippen LogP) is 4.79. The van der Waals surface area contributed by atoms with Crippen molar-refractivity contribution in [3.8, 4) is 0 Å². The fraction of sp³-hybridized carbons (Fsp3) is 0.667. The predicted molar refractivity (Wildman–Crippen MR) is 83.5 cm³/mol. The fourth-order valence-electron chi connectivity index (χ4n) is 3.24. The summed E-state index contributed by atoms with van der Waals surface area (Å²) < 4.78 is 0. The van der Waals surface area contributed by atoms with Crippen LogP contribution in [0.5, 0.6) is 0 Å². The van der Waals surface area contributed by atoms with Crippen LogP contribution in [-0.2, 0) is 6.42 Å². The summed E-state index contributed by atoms with van der Waals surface area (Å²) in [5.74, 6) is 0.742. The summed E-state index contributed by atoms with van der Waals surface area (Å²) in [7, 11) is 0. The molecule has 0 bridgehead atoms. The fourth-order valence-corrected chi connectivity index (χ4v) is 3.24. The molecule has 2 unspecified atom stereocenters. The SMILES string of the molecule is CCCCCCCCC(N)CC1Cc2ccccc21. The lowest BCUT2D eigenvalue weighted by Crippen LogP contribution is -2.27. The van der Waals surface area contributed by atoms with E-state index in [1.807, 2.05) is 0 Å². The Kier molecular flexibility index (Phi) is 5.91. The van der Waals surface area contributed by atoms with Gasteiger partial charge in [0.05, 0.1) is 0 Å². The molecule has 0 aliphatic heterocycles. The molecule has 1 aliphatic rings. The van der Waals surface area contributed by atoms with E-state index in [1.165, 1.54) is 57.8 Å². The van der Waals surface area contributed by atoms with E-state index >= 15 is 0 Å². The number of benzene rings is 1. The zero-order valence-corrected chi connectivity index (χ0v) is 12.4. The molecule has 0 fully saturated rings. The molecule has 0 amide bonds. The second-order valence-corrected chi connectivity index (χ2v) is 6.15. The number of unbranched alkanes of at least 4 members (excludes halogenated alkanes) is 5. The normalized spacial score (nSPS) is 18.7. The number of rotatable bonds is 9. The number of fused-ring (bicyclic) bond motifs is 1. The molecule has 1 heteroatoms. The molecule has 19 heavy (non-hydrogen) atoms. The Bertz CT molecular complexity index is 372. The molecule has 2 atom stereocenters. The summed E-state index contributed by atoms with van der Waals surface area (Å²) in [5.41, 5.74) is 9.38. The van der Waals surface area contributed by atoms with E-state index in [1.54, 1.807) is 11.1 Å². The molecular weight excluding hydrogens is 230 g/mol. The topological polar surface area (TPSA) is 26.0 Å². The van der Waals surface area contributed by atoms with Crippen molar-refractivity contribution < 1.29 is 0 Å². The van der Waals surface area contributed by atoms with Crippen molar-refractivity contribution in [2.45, 2.75) is 76.7 Å². The van der Waals surface area contributed by atoms with Crippen molar-refractivity contribution in [1.82, 2.24) is 0 Å². The van der Waals surface area contributed by atoms with Crippen molar-refractivity contribution in [3.05, 3.63) is 35.4 Å². The lowest BCUT2D eigenvalue weighted by Gasteiger charge is -2.32. The molecule has 106 valence electrons. The van der Waals surface area contributed by atoms with Crippen molar-refractivity contribution >= 4 is 0 Å². The van der Waals surface area contributed by atoms with Gasteiger partial charge in [-0.15, -0.1) is 0 Å². The van der Waals surface area contributed by atoms with Crippen LogP contribution >= 0.6 is 0 Å². The molecule has 2 N–H and O–H groups in total. The van der Waals surface area contributed by atoms with E-state index in [0.717, 1.165) is 5.92 Å².